The van der Waals surface area contributed by atoms with Crippen LogP contribution in [0.15, 0.2) is 0 Å². The molecule has 9 aliphatic rings. The zero-order valence-corrected chi connectivity index (χ0v) is 31.7. The van der Waals surface area contributed by atoms with Gasteiger partial charge >= 0.3 is 29.8 Å². The predicted molar refractivity (Wildman–Crippen MR) is 177 cm³/mol. The van der Waals surface area contributed by atoms with Gasteiger partial charge in [0.05, 0.1) is 16.9 Å². The summed E-state index contributed by atoms with van der Waals surface area (Å²) in [7, 11) is 0. The normalized spacial score (nSPS) is 56.9. The third-order valence-corrected chi connectivity index (χ3v) is 16.5. The van der Waals surface area contributed by atoms with Crippen LogP contribution in [0, 0.1) is 69.5 Å². The molecule has 0 unspecified atom stereocenters. The molecule has 2 saturated heterocycles. The molecule has 0 radical (unpaired) electrons. The minimum absolute atomic E-state index is 0.0394. The predicted octanol–water partition coefficient (Wildman–Crippen LogP) is 0.998. The lowest BCUT2D eigenvalue weighted by Gasteiger charge is -2.65. The van der Waals surface area contributed by atoms with Crippen molar-refractivity contribution in [2.75, 3.05) is 0 Å². The van der Waals surface area contributed by atoms with Gasteiger partial charge in [0.1, 0.15) is 36.6 Å². The highest BCUT2D eigenvalue weighted by Crippen LogP contribution is 2.81. The molecule has 54 heavy (non-hydrogen) atoms. The van der Waals surface area contributed by atoms with Gasteiger partial charge < -0.3 is 43.7 Å². The Morgan fingerprint density at radius 3 is 1.94 bits per heavy atom. The monoisotopic (exact) mass is 758 g/mol. The summed E-state index contributed by atoms with van der Waals surface area (Å²) < 4.78 is 37.4. The van der Waals surface area contributed by atoms with Crippen molar-refractivity contribution >= 4 is 35.6 Å². The number of epoxide rings is 1. The summed E-state index contributed by atoms with van der Waals surface area (Å²) in [6.07, 6.45) is -5.99. The fraction of sp³-hybridized carbons (Fsp3) is 0.846. The topological polar surface area (TPSA) is 222 Å². The standard InChI is InChI=1S/C39H50O15/c1-13-21-24(36(7)37(8,47)33(46)54-39(36)29(13)53-39)27(52-32(45)17-9-10-17)22-20-23(28(49-14(2)40)31(35(21,22)6)51-16(4)42)34(5)18(25(43)26(20)44)11-38(48)12-19(38)30(34)50-15(3)41/h13,17-24,26-31,44,47-48H,9-12H2,1-8H3/t13-,18+,19+,20-,21-,22+,23+,24-,26+,27+,28-,29+,30-,31-,34-,35+,36-,37+,38+,39-/m0/s1. The van der Waals surface area contributed by atoms with Crippen molar-refractivity contribution in [2.24, 2.45) is 69.5 Å². The number of ether oxygens (including phenoxy) is 6. The molecule has 7 aliphatic carbocycles. The van der Waals surface area contributed by atoms with Gasteiger partial charge in [-0.05, 0) is 51.4 Å². The summed E-state index contributed by atoms with van der Waals surface area (Å²) >= 11 is 0. The number of hydrogen-bond acceptors (Lipinski definition) is 15. The second-order valence-electron chi connectivity index (χ2n) is 19.0. The van der Waals surface area contributed by atoms with Gasteiger partial charge in [0.2, 0.25) is 5.79 Å². The largest absolute Gasteiger partial charge is 0.462 e. The highest BCUT2D eigenvalue weighted by atomic mass is 16.8. The van der Waals surface area contributed by atoms with Gasteiger partial charge in [-0.15, -0.1) is 0 Å². The molecule has 1 spiro atoms. The van der Waals surface area contributed by atoms with Crippen LogP contribution < -0.4 is 0 Å². The number of hydrogen-bond donors (Lipinski definition) is 3. The average Bonchev–Trinajstić information content (AvgIpc) is 3.98. The van der Waals surface area contributed by atoms with Gasteiger partial charge in [-0.25, -0.2) is 4.79 Å². The lowest BCUT2D eigenvalue weighted by molar-refractivity contribution is -0.279. The Morgan fingerprint density at radius 1 is 0.759 bits per heavy atom. The molecule has 9 rings (SSSR count). The highest BCUT2D eigenvalue weighted by molar-refractivity contribution is 5.89. The Labute approximate surface area is 312 Å². The summed E-state index contributed by atoms with van der Waals surface area (Å²) in [5.74, 6) is -13.1. The Hall–Kier alpha value is -3.14. The molecule has 15 heteroatoms. The van der Waals surface area contributed by atoms with E-state index in [2.05, 4.69) is 0 Å². The first kappa shape index (κ1) is 36.5. The molecule has 0 aromatic carbocycles. The third kappa shape index (κ3) is 4.07. The van der Waals surface area contributed by atoms with E-state index in [4.69, 9.17) is 28.4 Å². The van der Waals surface area contributed by atoms with Gasteiger partial charge in [0.25, 0.3) is 0 Å². The van der Waals surface area contributed by atoms with Gasteiger partial charge in [0, 0.05) is 67.1 Å². The van der Waals surface area contributed by atoms with Crippen LogP contribution in [0.2, 0.25) is 0 Å². The van der Waals surface area contributed by atoms with Crippen LogP contribution in [0.1, 0.15) is 81.1 Å². The molecule has 0 aromatic rings. The molecule has 9 fully saturated rings. The third-order valence-electron chi connectivity index (χ3n) is 16.5. The van der Waals surface area contributed by atoms with Gasteiger partial charge in [-0.3, -0.25) is 24.0 Å². The van der Waals surface area contributed by atoms with E-state index >= 15 is 0 Å². The SMILES string of the molecule is CC(=O)O[C@H]1[C@H]2[C@H]([C@@H]3[C@@H](OC(=O)C4CC4)[C@@H]4[C@H]([C@H](C)[C@H]5O[C@]56OC(=O)[C@@](C)(O)[C@]46C)[C@@]3(C)[C@H]1OC(C)=O)[C@@H](O)C(=O)[C@H]1C[C@@]3(O)C[C@@H]3[C@H](OC(C)=O)[C@]21C. The maximum atomic E-state index is 14.8. The number of aliphatic hydroxyl groups excluding tert-OH is 1. The van der Waals surface area contributed by atoms with E-state index in [1.165, 1.54) is 27.7 Å². The van der Waals surface area contributed by atoms with Crippen molar-refractivity contribution in [1.82, 2.24) is 0 Å². The number of ketones is 1. The minimum atomic E-state index is -2.16. The van der Waals surface area contributed by atoms with Crippen LogP contribution in [0.3, 0.4) is 0 Å². The maximum absolute atomic E-state index is 14.8. The molecule has 3 N–H and O–H groups in total. The van der Waals surface area contributed by atoms with E-state index < -0.39 is 159 Å². The summed E-state index contributed by atoms with van der Waals surface area (Å²) in [5.41, 5.74) is -7.81. The summed E-state index contributed by atoms with van der Waals surface area (Å²) in [6, 6.07) is 0. The lowest BCUT2D eigenvalue weighted by atomic mass is 9.40. The van der Waals surface area contributed by atoms with E-state index in [0.29, 0.717) is 12.8 Å². The van der Waals surface area contributed by atoms with Crippen LogP contribution in [-0.2, 0) is 57.2 Å². The first-order valence-corrected chi connectivity index (χ1v) is 19.3. The zero-order valence-electron chi connectivity index (χ0n) is 31.7. The number of carbonyl (C=O) groups excluding carboxylic acids is 6. The van der Waals surface area contributed by atoms with Crippen molar-refractivity contribution in [3.05, 3.63) is 0 Å². The van der Waals surface area contributed by atoms with Crippen LogP contribution >= 0.6 is 0 Å². The van der Waals surface area contributed by atoms with Crippen LogP contribution in [0.25, 0.3) is 0 Å². The molecule has 2 heterocycles. The molecule has 296 valence electrons. The van der Waals surface area contributed by atoms with Crippen molar-refractivity contribution in [1.29, 1.82) is 0 Å². The van der Waals surface area contributed by atoms with Crippen molar-refractivity contribution in [3.8, 4) is 0 Å². The minimum Gasteiger partial charge on any atom is -0.462 e. The number of fused-ring (bicyclic) bond motifs is 9. The van der Waals surface area contributed by atoms with E-state index in [-0.39, 0.29) is 12.8 Å². The number of carbonyl (C=O) groups is 6. The van der Waals surface area contributed by atoms with Crippen molar-refractivity contribution in [3.63, 3.8) is 0 Å². The Balaban J connectivity index is 1.32. The lowest BCUT2D eigenvalue weighted by Crippen LogP contribution is -2.75. The summed E-state index contributed by atoms with van der Waals surface area (Å²) in [5, 5.41) is 36.2. The second kappa shape index (κ2) is 10.6. The van der Waals surface area contributed by atoms with E-state index in [1.807, 2.05) is 13.8 Å². The zero-order chi connectivity index (χ0) is 39.2. The average molecular weight is 759 g/mol. The number of rotatable bonds is 5. The Kier molecular flexibility index (Phi) is 7.18. The highest BCUT2D eigenvalue weighted by Gasteiger charge is 2.93. The van der Waals surface area contributed by atoms with Crippen LogP contribution in [0.4, 0.5) is 0 Å². The number of Topliss-reactive ketones (excluding diaryl/α,β-unsaturated/α-hetero) is 1. The number of aliphatic hydroxyl groups is 3. The maximum Gasteiger partial charge on any atom is 0.341 e. The van der Waals surface area contributed by atoms with E-state index in [0.717, 1.165) is 0 Å². The Bertz CT molecular complexity index is 1790. The second-order valence-corrected chi connectivity index (χ2v) is 19.0. The van der Waals surface area contributed by atoms with Gasteiger partial charge in [-0.1, -0.05) is 20.8 Å². The van der Waals surface area contributed by atoms with Gasteiger partial charge in [-0.2, -0.15) is 0 Å². The van der Waals surface area contributed by atoms with Crippen LogP contribution in [-0.4, -0.2) is 105 Å². The Morgan fingerprint density at radius 2 is 1.35 bits per heavy atom. The van der Waals surface area contributed by atoms with Gasteiger partial charge in [0.15, 0.2) is 11.4 Å². The summed E-state index contributed by atoms with van der Waals surface area (Å²) in [6.45, 7) is 12.1. The molecule has 0 bridgehead atoms. The molecule has 7 saturated carbocycles. The number of esters is 5. The molecule has 2 aliphatic heterocycles. The van der Waals surface area contributed by atoms with E-state index in [1.54, 1.807) is 13.8 Å². The quantitative estimate of drug-likeness (QED) is 0.202. The first-order valence-electron chi connectivity index (χ1n) is 19.3. The smallest absolute Gasteiger partial charge is 0.341 e. The fourth-order valence-corrected chi connectivity index (χ4v) is 14.0. The molecule has 20 atom stereocenters. The summed E-state index contributed by atoms with van der Waals surface area (Å²) in [4.78, 5) is 81.7. The van der Waals surface area contributed by atoms with Crippen molar-refractivity contribution in [2.45, 2.75) is 135 Å². The molecular weight excluding hydrogens is 708 g/mol. The first-order chi connectivity index (χ1) is 25.0. The van der Waals surface area contributed by atoms with E-state index in [9.17, 15) is 44.1 Å². The fourth-order valence-electron chi connectivity index (χ4n) is 14.0. The van der Waals surface area contributed by atoms with Crippen molar-refractivity contribution < 1.29 is 72.5 Å². The molecule has 0 amide bonds. The molecule has 0 aromatic heterocycles. The molecular formula is C39H50O15. The van der Waals surface area contributed by atoms with Crippen LogP contribution in [0.5, 0.6) is 0 Å². The molecule has 15 nitrogen and oxygen atoms in total.